The number of nitrogens with zero attached hydrogens (tertiary/aromatic N) is 1. The molecule has 0 unspecified atom stereocenters. The molecule has 1 aromatic carbocycles. The monoisotopic (exact) mass is 207 g/mol. The van der Waals surface area contributed by atoms with E-state index in [-0.39, 0.29) is 0 Å². The fourth-order valence-electron chi connectivity index (χ4n) is 1.45. The number of anilines is 1. The van der Waals surface area contributed by atoms with E-state index >= 15 is 0 Å². The van der Waals surface area contributed by atoms with Gasteiger partial charge in [-0.3, -0.25) is 5.10 Å². The molecule has 0 bridgehead atoms. The number of hydrogen-bond donors (Lipinski definition) is 3. The Morgan fingerprint density at radius 2 is 2.13 bits per heavy atom. The zero-order valence-corrected chi connectivity index (χ0v) is 8.08. The summed E-state index contributed by atoms with van der Waals surface area (Å²) in [7, 11) is 0. The van der Waals surface area contributed by atoms with Gasteiger partial charge in [0.2, 0.25) is 0 Å². The van der Waals surface area contributed by atoms with Crippen LogP contribution in [0.2, 0.25) is 0 Å². The molecule has 78 valence electrons. The number of nitrogen functional groups attached to an aromatic ring is 1. The van der Waals surface area contributed by atoms with E-state index in [0.717, 1.165) is 0 Å². The number of aromatic nitrogens is 2. The maximum Gasteiger partial charge on any atom is 0.165 e. The van der Waals surface area contributed by atoms with Gasteiger partial charge in [-0.1, -0.05) is 0 Å². The number of aromatic amines is 1. The molecule has 2 rings (SSSR count). The van der Waals surface area contributed by atoms with Crippen LogP contribution in [0.1, 0.15) is 5.56 Å². The lowest BCUT2D eigenvalue weighted by Gasteiger charge is -2.05. The molecule has 0 aliphatic carbocycles. The van der Waals surface area contributed by atoms with Crippen molar-refractivity contribution in [2.24, 2.45) is 0 Å². The summed E-state index contributed by atoms with van der Waals surface area (Å²) in [5.41, 5.74) is 7.14. The van der Waals surface area contributed by atoms with Crippen LogP contribution in [0.5, 0.6) is 5.75 Å². The first-order valence-electron chi connectivity index (χ1n) is 4.38. The molecule has 0 fully saturated rings. The number of phenols is 1. The highest BCUT2D eigenvalue weighted by molar-refractivity contribution is 5.78. The minimum absolute atomic E-state index is 0.301. The van der Waals surface area contributed by atoms with Crippen molar-refractivity contribution in [3.63, 3.8) is 0 Å². The minimum atomic E-state index is -0.661. The van der Waals surface area contributed by atoms with E-state index in [1.54, 1.807) is 13.0 Å². The van der Waals surface area contributed by atoms with Crippen LogP contribution < -0.4 is 5.73 Å². The SMILES string of the molecule is Cc1cc(F)c(O)c(-c2cn[nH]c2N)c1. The Morgan fingerprint density at radius 1 is 1.40 bits per heavy atom. The molecule has 5 heteroatoms. The summed E-state index contributed by atoms with van der Waals surface area (Å²) >= 11 is 0. The molecular weight excluding hydrogens is 197 g/mol. The zero-order valence-electron chi connectivity index (χ0n) is 8.08. The number of phenolic OH excluding ortho intramolecular Hbond substituents is 1. The number of benzene rings is 1. The van der Waals surface area contributed by atoms with Gasteiger partial charge < -0.3 is 10.8 Å². The highest BCUT2D eigenvalue weighted by Crippen LogP contribution is 2.34. The van der Waals surface area contributed by atoms with Crippen LogP contribution in [-0.4, -0.2) is 15.3 Å². The van der Waals surface area contributed by atoms with E-state index < -0.39 is 11.6 Å². The van der Waals surface area contributed by atoms with Gasteiger partial charge >= 0.3 is 0 Å². The lowest BCUT2D eigenvalue weighted by Crippen LogP contribution is -1.90. The normalized spacial score (nSPS) is 10.5. The Labute approximate surface area is 85.6 Å². The number of nitrogens with one attached hydrogen (secondary N) is 1. The van der Waals surface area contributed by atoms with Gasteiger partial charge in [-0.15, -0.1) is 0 Å². The van der Waals surface area contributed by atoms with Gasteiger partial charge in [0.1, 0.15) is 5.82 Å². The highest BCUT2D eigenvalue weighted by Gasteiger charge is 2.13. The molecule has 0 spiro atoms. The highest BCUT2D eigenvalue weighted by atomic mass is 19.1. The maximum absolute atomic E-state index is 13.2. The van der Waals surface area contributed by atoms with Crippen LogP contribution >= 0.6 is 0 Å². The predicted octanol–water partition coefficient (Wildman–Crippen LogP) is 1.81. The van der Waals surface area contributed by atoms with Gasteiger partial charge in [0.05, 0.1) is 6.20 Å². The standard InChI is InChI=1S/C10H10FN3O/c1-5-2-6(9(15)8(11)3-5)7-4-13-14-10(7)12/h2-4,15H,1H3,(H3,12,13,14). The van der Waals surface area contributed by atoms with Gasteiger partial charge in [-0.25, -0.2) is 4.39 Å². The first-order chi connectivity index (χ1) is 7.09. The number of rotatable bonds is 1. The van der Waals surface area contributed by atoms with Gasteiger partial charge in [0.15, 0.2) is 11.6 Å². The van der Waals surface area contributed by atoms with E-state index in [4.69, 9.17) is 5.73 Å². The van der Waals surface area contributed by atoms with Crippen LogP contribution in [0.15, 0.2) is 18.3 Å². The molecule has 0 saturated carbocycles. The van der Waals surface area contributed by atoms with E-state index in [2.05, 4.69) is 10.2 Å². The molecule has 1 heterocycles. The van der Waals surface area contributed by atoms with Crippen molar-refractivity contribution in [1.82, 2.24) is 10.2 Å². The summed E-state index contributed by atoms with van der Waals surface area (Å²) in [5.74, 6) is -0.769. The van der Waals surface area contributed by atoms with Gasteiger partial charge in [0.25, 0.3) is 0 Å². The zero-order chi connectivity index (χ0) is 11.0. The van der Waals surface area contributed by atoms with Crippen LogP contribution in [0, 0.1) is 12.7 Å². The van der Waals surface area contributed by atoms with Crippen molar-refractivity contribution in [2.75, 3.05) is 5.73 Å². The second kappa shape index (κ2) is 3.27. The molecular formula is C10H10FN3O. The molecule has 0 atom stereocenters. The van der Waals surface area contributed by atoms with Crippen LogP contribution in [0.25, 0.3) is 11.1 Å². The van der Waals surface area contributed by atoms with Crippen molar-refractivity contribution in [1.29, 1.82) is 0 Å². The molecule has 0 radical (unpaired) electrons. The molecule has 0 aliphatic heterocycles. The van der Waals surface area contributed by atoms with E-state index in [1.807, 2.05) is 0 Å². The van der Waals surface area contributed by atoms with E-state index in [1.165, 1.54) is 12.3 Å². The molecule has 1 aromatic heterocycles. The second-order valence-corrected chi connectivity index (χ2v) is 3.34. The molecule has 0 amide bonds. The summed E-state index contributed by atoms with van der Waals surface area (Å²) in [4.78, 5) is 0. The lowest BCUT2D eigenvalue weighted by molar-refractivity contribution is 0.434. The average Bonchev–Trinajstić information content (AvgIpc) is 2.58. The third-order valence-electron chi connectivity index (χ3n) is 2.17. The average molecular weight is 207 g/mol. The van der Waals surface area contributed by atoms with Gasteiger partial charge in [0, 0.05) is 11.1 Å². The predicted molar refractivity (Wildman–Crippen MR) is 54.8 cm³/mol. The summed E-state index contributed by atoms with van der Waals surface area (Å²) in [5, 5.41) is 15.8. The van der Waals surface area contributed by atoms with Crippen molar-refractivity contribution in [2.45, 2.75) is 6.92 Å². The van der Waals surface area contributed by atoms with Crippen molar-refractivity contribution in [3.05, 3.63) is 29.7 Å². The molecule has 4 nitrogen and oxygen atoms in total. The minimum Gasteiger partial charge on any atom is -0.504 e. The number of hydrogen-bond acceptors (Lipinski definition) is 3. The van der Waals surface area contributed by atoms with Crippen molar-refractivity contribution in [3.8, 4) is 16.9 Å². The Kier molecular flexibility index (Phi) is 2.07. The first-order valence-corrected chi connectivity index (χ1v) is 4.38. The fourth-order valence-corrected chi connectivity index (χ4v) is 1.45. The number of halogens is 1. The van der Waals surface area contributed by atoms with Crippen LogP contribution in [-0.2, 0) is 0 Å². The van der Waals surface area contributed by atoms with Crippen LogP contribution in [0.3, 0.4) is 0 Å². The van der Waals surface area contributed by atoms with E-state index in [9.17, 15) is 9.50 Å². The summed E-state index contributed by atoms with van der Waals surface area (Å²) < 4.78 is 13.2. The third-order valence-corrected chi connectivity index (χ3v) is 2.17. The number of aryl methyl sites for hydroxylation is 1. The Hall–Kier alpha value is -2.04. The molecule has 4 N–H and O–H groups in total. The summed E-state index contributed by atoms with van der Waals surface area (Å²) in [6.07, 6.45) is 1.45. The molecule has 15 heavy (non-hydrogen) atoms. The topological polar surface area (TPSA) is 74.9 Å². The Bertz CT molecular complexity index is 507. The Morgan fingerprint density at radius 3 is 2.73 bits per heavy atom. The summed E-state index contributed by atoms with van der Waals surface area (Å²) in [6, 6.07) is 2.91. The maximum atomic E-state index is 13.2. The molecule has 0 aliphatic rings. The van der Waals surface area contributed by atoms with Crippen LogP contribution in [0.4, 0.5) is 10.2 Å². The number of aromatic hydroxyl groups is 1. The largest absolute Gasteiger partial charge is 0.504 e. The Balaban J connectivity index is 2.68. The quantitative estimate of drug-likeness (QED) is 0.667. The number of nitrogens with two attached hydrogens (primary N) is 1. The first kappa shape index (κ1) is 9.51. The van der Waals surface area contributed by atoms with Gasteiger partial charge in [-0.05, 0) is 24.6 Å². The third kappa shape index (κ3) is 1.52. The smallest absolute Gasteiger partial charge is 0.165 e. The van der Waals surface area contributed by atoms with Gasteiger partial charge in [-0.2, -0.15) is 5.10 Å². The van der Waals surface area contributed by atoms with E-state index in [0.29, 0.717) is 22.5 Å². The second-order valence-electron chi connectivity index (χ2n) is 3.34. The fraction of sp³-hybridized carbons (Fsp3) is 0.100. The lowest BCUT2D eigenvalue weighted by atomic mass is 10.0. The van der Waals surface area contributed by atoms with Crippen molar-refractivity contribution < 1.29 is 9.50 Å². The number of H-pyrrole nitrogens is 1. The summed E-state index contributed by atoms with van der Waals surface area (Å²) in [6.45, 7) is 1.74. The van der Waals surface area contributed by atoms with Crippen molar-refractivity contribution >= 4 is 5.82 Å². The molecule has 2 aromatic rings. The molecule has 0 saturated heterocycles.